The fraction of sp³-hybridized carbons (Fsp3) is 0.100. The normalized spacial score (nSPS) is 10.4. The van der Waals surface area contributed by atoms with Crippen molar-refractivity contribution in [1.29, 1.82) is 0 Å². The zero-order valence-electron chi connectivity index (χ0n) is 7.20. The van der Waals surface area contributed by atoms with Crippen molar-refractivity contribution in [2.24, 2.45) is 0 Å². The number of rotatable bonds is 3. The van der Waals surface area contributed by atoms with Crippen molar-refractivity contribution in [3.05, 3.63) is 34.5 Å². The molecule has 0 N–H and O–H groups in total. The number of halogens is 1. The van der Waals surface area contributed by atoms with Crippen molar-refractivity contribution in [3.8, 4) is 0 Å². The third kappa shape index (κ3) is 1.80. The number of furan rings is 1. The molecule has 0 fully saturated rings. The second-order valence-electron chi connectivity index (χ2n) is 2.80. The van der Waals surface area contributed by atoms with Crippen molar-refractivity contribution in [2.75, 3.05) is 0 Å². The highest BCUT2D eigenvalue weighted by Gasteiger charge is 2.03. The predicted octanol–water partition coefficient (Wildman–Crippen LogP) is 2.87. The number of carbonyl (C=O) groups excluding carboxylic acids is 1. The van der Waals surface area contributed by atoms with E-state index in [2.05, 4.69) is 20.7 Å². The fourth-order valence-corrected chi connectivity index (χ4v) is 1.59. The van der Waals surface area contributed by atoms with Gasteiger partial charge in [-0.25, -0.2) is 0 Å². The fourth-order valence-electron chi connectivity index (χ4n) is 1.25. The van der Waals surface area contributed by atoms with Gasteiger partial charge in [-0.2, -0.15) is 0 Å². The molecule has 0 unspecified atom stereocenters. The van der Waals surface area contributed by atoms with E-state index in [1.165, 1.54) is 0 Å². The van der Waals surface area contributed by atoms with Crippen molar-refractivity contribution < 1.29 is 13.9 Å². The van der Waals surface area contributed by atoms with Crippen LogP contribution in [-0.2, 0) is 16.1 Å². The minimum atomic E-state index is 0.176. The standard InChI is InChI=1S/C10H7BrO3/c11-8-2-1-7-3-9(5-13-6-12)14-10(7)4-8/h1-4,6H,5H2. The molecule has 0 atom stereocenters. The van der Waals surface area contributed by atoms with Gasteiger partial charge in [0.15, 0.2) is 0 Å². The lowest BCUT2D eigenvalue weighted by Gasteiger charge is -1.91. The molecule has 0 bridgehead atoms. The zero-order chi connectivity index (χ0) is 9.97. The quantitative estimate of drug-likeness (QED) is 0.791. The third-order valence-electron chi connectivity index (χ3n) is 1.83. The van der Waals surface area contributed by atoms with Gasteiger partial charge in [0.05, 0.1) is 0 Å². The largest absolute Gasteiger partial charge is 0.460 e. The van der Waals surface area contributed by atoms with Crippen molar-refractivity contribution in [2.45, 2.75) is 6.61 Å². The zero-order valence-corrected chi connectivity index (χ0v) is 8.78. The molecule has 72 valence electrons. The van der Waals surface area contributed by atoms with E-state index in [1.807, 2.05) is 24.3 Å². The lowest BCUT2D eigenvalue weighted by molar-refractivity contribution is -0.130. The topological polar surface area (TPSA) is 39.4 Å². The molecule has 0 aliphatic carbocycles. The second kappa shape index (κ2) is 3.84. The van der Waals surface area contributed by atoms with Crippen LogP contribution in [0.5, 0.6) is 0 Å². The van der Waals surface area contributed by atoms with Crippen LogP contribution in [0.2, 0.25) is 0 Å². The van der Waals surface area contributed by atoms with Gasteiger partial charge < -0.3 is 9.15 Å². The Morgan fingerprint density at radius 3 is 3.07 bits per heavy atom. The van der Waals surface area contributed by atoms with E-state index >= 15 is 0 Å². The molecule has 1 aromatic carbocycles. The number of hydrogen-bond acceptors (Lipinski definition) is 3. The predicted molar refractivity (Wildman–Crippen MR) is 54.8 cm³/mol. The van der Waals surface area contributed by atoms with E-state index in [4.69, 9.17) is 4.42 Å². The smallest absolute Gasteiger partial charge is 0.293 e. The average molecular weight is 255 g/mol. The molecule has 0 aliphatic rings. The first-order chi connectivity index (χ1) is 6.79. The number of benzene rings is 1. The first kappa shape index (κ1) is 9.27. The molecule has 0 aliphatic heterocycles. The molecule has 0 amide bonds. The summed E-state index contributed by atoms with van der Waals surface area (Å²) in [5.41, 5.74) is 0.781. The van der Waals surface area contributed by atoms with Gasteiger partial charge in [-0.15, -0.1) is 0 Å². The number of hydrogen-bond donors (Lipinski definition) is 0. The summed E-state index contributed by atoms with van der Waals surface area (Å²) in [6.45, 7) is 0.582. The molecular formula is C10H7BrO3. The SMILES string of the molecule is O=COCc1cc2ccc(Br)cc2o1. The number of fused-ring (bicyclic) bond motifs is 1. The minimum absolute atomic E-state index is 0.176. The van der Waals surface area contributed by atoms with Crippen molar-refractivity contribution in [1.82, 2.24) is 0 Å². The Labute approximate surface area is 88.8 Å². The third-order valence-corrected chi connectivity index (χ3v) is 2.32. The summed E-state index contributed by atoms with van der Waals surface area (Å²) in [7, 11) is 0. The Hall–Kier alpha value is -1.29. The van der Waals surface area contributed by atoms with Gasteiger partial charge in [-0.05, 0) is 24.3 Å². The summed E-state index contributed by atoms with van der Waals surface area (Å²) in [6.07, 6.45) is 0. The minimum Gasteiger partial charge on any atom is -0.460 e. The Balaban J connectivity index is 2.36. The van der Waals surface area contributed by atoms with Gasteiger partial charge in [0.25, 0.3) is 6.47 Å². The van der Waals surface area contributed by atoms with Crippen LogP contribution in [0.25, 0.3) is 11.0 Å². The summed E-state index contributed by atoms with van der Waals surface area (Å²) in [5, 5.41) is 0.998. The first-order valence-electron chi connectivity index (χ1n) is 4.03. The molecule has 0 saturated carbocycles. The van der Waals surface area contributed by atoms with Crippen LogP contribution in [0.4, 0.5) is 0 Å². The molecule has 1 heterocycles. The summed E-state index contributed by atoms with van der Waals surface area (Å²) in [4.78, 5) is 9.98. The maximum absolute atomic E-state index is 9.98. The monoisotopic (exact) mass is 254 g/mol. The van der Waals surface area contributed by atoms with E-state index < -0.39 is 0 Å². The van der Waals surface area contributed by atoms with E-state index in [-0.39, 0.29) is 6.61 Å². The maximum atomic E-state index is 9.98. The number of ether oxygens (including phenoxy) is 1. The Morgan fingerprint density at radius 2 is 2.29 bits per heavy atom. The first-order valence-corrected chi connectivity index (χ1v) is 4.82. The maximum Gasteiger partial charge on any atom is 0.293 e. The Kier molecular flexibility index (Phi) is 2.54. The molecule has 4 heteroatoms. The van der Waals surface area contributed by atoms with Crippen LogP contribution in [0.1, 0.15) is 5.76 Å². The van der Waals surface area contributed by atoms with Crippen LogP contribution in [0.3, 0.4) is 0 Å². The molecule has 1 aromatic heterocycles. The van der Waals surface area contributed by atoms with E-state index in [1.54, 1.807) is 0 Å². The Bertz CT molecular complexity index is 461. The van der Waals surface area contributed by atoms with Gasteiger partial charge >= 0.3 is 0 Å². The van der Waals surface area contributed by atoms with Crippen molar-refractivity contribution in [3.63, 3.8) is 0 Å². The summed E-state index contributed by atoms with van der Waals surface area (Å²) < 4.78 is 11.0. The Morgan fingerprint density at radius 1 is 1.43 bits per heavy atom. The van der Waals surface area contributed by atoms with Gasteiger partial charge in [0.1, 0.15) is 18.0 Å². The highest BCUT2D eigenvalue weighted by molar-refractivity contribution is 9.10. The molecule has 14 heavy (non-hydrogen) atoms. The molecule has 2 rings (SSSR count). The van der Waals surface area contributed by atoms with Crippen LogP contribution in [0.15, 0.2) is 33.2 Å². The summed E-state index contributed by atoms with van der Waals surface area (Å²) in [5.74, 6) is 0.644. The molecule has 2 aromatic rings. The number of carbonyl (C=O) groups is 1. The van der Waals surface area contributed by atoms with Crippen molar-refractivity contribution >= 4 is 33.4 Å². The highest BCUT2D eigenvalue weighted by atomic mass is 79.9. The average Bonchev–Trinajstić information content (AvgIpc) is 2.56. The van der Waals surface area contributed by atoms with Gasteiger partial charge in [0.2, 0.25) is 0 Å². The van der Waals surface area contributed by atoms with Gasteiger partial charge in [-0.3, -0.25) is 4.79 Å². The molecule has 3 nitrogen and oxygen atoms in total. The van der Waals surface area contributed by atoms with Crippen LogP contribution >= 0.6 is 15.9 Å². The summed E-state index contributed by atoms with van der Waals surface area (Å²) >= 11 is 3.35. The highest BCUT2D eigenvalue weighted by Crippen LogP contribution is 2.23. The van der Waals surface area contributed by atoms with Crippen LogP contribution in [-0.4, -0.2) is 6.47 Å². The molecule has 0 spiro atoms. The van der Waals surface area contributed by atoms with Gasteiger partial charge in [-0.1, -0.05) is 15.9 Å². The molecule has 0 saturated heterocycles. The van der Waals surface area contributed by atoms with E-state index in [9.17, 15) is 4.79 Å². The van der Waals surface area contributed by atoms with Crippen LogP contribution in [0, 0.1) is 0 Å². The van der Waals surface area contributed by atoms with E-state index in [0.717, 1.165) is 15.4 Å². The van der Waals surface area contributed by atoms with E-state index in [0.29, 0.717) is 12.2 Å². The second-order valence-corrected chi connectivity index (χ2v) is 3.72. The molecular weight excluding hydrogens is 248 g/mol. The van der Waals surface area contributed by atoms with Gasteiger partial charge in [0, 0.05) is 9.86 Å². The molecule has 0 radical (unpaired) electrons. The van der Waals surface area contributed by atoms with Crippen LogP contribution < -0.4 is 0 Å². The summed E-state index contributed by atoms with van der Waals surface area (Å²) in [6, 6.07) is 7.60. The lowest BCUT2D eigenvalue weighted by Crippen LogP contribution is -1.85. The lowest BCUT2D eigenvalue weighted by atomic mass is 10.2.